The van der Waals surface area contributed by atoms with Gasteiger partial charge >= 0.3 is 0 Å². The Hall–Kier alpha value is -1.32. The fraction of sp³-hybridized carbons (Fsp3) is 0.429. The van der Waals surface area contributed by atoms with Crippen molar-refractivity contribution in [3.05, 3.63) is 18.2 Å². The molecule has 0 unspecified atom stereocenters. The Morgan fingerprint density at radius 3 is 2.82 bits per heavy atom. The van der Waals surface area contributed by atoms with Gasteiger partial charge in [-0.15, -0.1) is 0 Å². The Bertz CT molecular complexity index is 288. The Balaban J connectivity index is 2.27. The highest BCUT2D eigenvalue weighted by Gasteiger charge is 2.27. The lowest BCUT2D eigenvalue weighted by Crippen LogP contribution is -2.15. The fourth-order valence-corrected chi connectivity index (χ4v) is 0.966. The van der Waals surface area contributed by atoms with Crippen molar-refractivity contribution in [3.63, 3.8) is 0 Å². The van der Waals surface area contributed by atoms with Crippen LogP contribution in [-0.4, -0.2) is 33.4 Å². The zero-order valence-electron chi connectivity index (χ0n) is 6.32. The zero-order valence-corrected chi connectivity index (χ0v) is 6.32. The standard InChI is InChI=1S/C7H9N3O/c1-9-3-2-8-6(9)7(11)10-4-5-10/h2-3H,4-5H2,1H3. The van der Waals surface area contributed by atoms with Crippen LogP contribution in [0.3, 0.4) is 0 Å². The summed E-state index contributed by atoms with van der Waals surface area (Å²) >= 11 is 0. The number of aryl methyl sites for hydroxylation is 1. The summed E-state index contributed by atoms with van der Waals surface area (Å²) in [5.41, 5.74) is 0. The number of carbonyl (C=O) groups excluding carboxylic acids is 1. The van der Waals surface area contributed by atoms with Gasteiger partial charge in [-0.25, -0.2) is 4.98 Å². The number of rotatable bonds is 1. The third-order valence-corrected chi connectivity index (χ3v) is 1.75. The molecule has 1 aliphatic heterocycles. The van der Waals surface area contributed by atoms with Crippen molar-refractivity contribution in [2.75, 3.05) is 13.1 Å². The number of hydrogen-bond donors (Lipinski definition) is 0. The number of hydrogen-bond acceptors (Lipinski definition) is 2. The summed E-state index contributed by atoms with van der Waals surface area (Å²) in [5.74, 6) is 0.569. The minimum absolute atomic E-state index is 0.0394. The van der Waals surface area contributed by atoms with Gasteiger partial charge < -0.3 is 9.47 Å². The van der Waals surface area contributed by atoms with Gasteiger partial charge in [0, 0.05) is 32.5 Å². The highest BCUT2D eigenvalue weighted by molar-refractivity contribution is 5.92. The van der Waals surface area contributed by atoms with E-state index < -0.39 is 0 Å². The zero-order chi connectivity index (χ0) is 7.84. The average Bonchev–Trinajstić information content (AvgIpc) is 2.74. The first-order valence-corrected chi connectivity index (χ1v) is 3.55. The van der Waals surface area contributed by atoms with Crippen LogP contribution >= 0.6 is 0 Å². The molecule has 0 spiro atoms. The van der Waals surface area contributed by atoms with E-state index in [1.165, 1.54) is 0 Å². The highest BCUT2D eigenvalue weighted by Crippen LogP contribution is 2.09. The second-order valence-corrected chi connectivity index (χ2v) is 2.65. The molecule has 1 fully saturated rings. The van der Waals surface area contributed by atoms with Crippen molar-refractivity contribution in [1.29, 1.82) is 0 Å². The molecule has 0 atom stereocenters. The minimum Gasteiger partial charge on any atom is -0.332 e. The summed E-state index contributed by atoms with van der Waals surface area (Å²) in [6, 6.07) is 0. The number of amides is 1. The molecule has 0 bridgehead atoms. The summed E-state index contributed by atoms with van der Waals surface area (Å²) in [7, 11) is 1.82. The SMILES string of the molecule is Cn1ccnc1C(=O)N1CC1. The van der Waals surface area contributed by atoms with Crippen LogP contribution in [0.2, 0.25) is 0 Å². The maximum Gasteiger partial charge on any atom is 0.289 e. The molecular weight excluding hydrogens is 142 g/mol. The molecule has 0 radical (unpaired) electrons. The lowest BCUT2D eigenvalue weighted by atomic mass is 10.5. The van der Waals surface area contributed by atoms with Crippen LogP contribution in [0.4, 0.5) is 0 Å². The molecule has 1 aliphatic rings. The van der Waals surface area contributed by atoms with Crippen LogP contribution in [-0.2, 0) is 7.05 Å². The first kappa shape index (κ1) is 6.39. The smallest absolute Gasteiger partial charge is 0.289 e. The van der Waals surface area contributed by atoms with Gasteiger partial charge in [-0.2, -0.15) is 0 Å². The molecule has 0 saturated carbocycles. The Morgan fingerprint density at radius 1 is 1.64 bits per heavy atom. The lowest BCUT2D eigenvalue weighted by molar-refractivity contribution is 0.0871. The van der Waals surface area contributed by atoms with Crippen molar-refractivity contribution < 1.29 is 4.79 Å². The summed E-state index contributed by atoms with van der Waals surface area (Å²) in [6.07, 6.45) is 3.41. The van der Waals surface area contributed by atoms with Gasteiger partial charge in [-0.3, -0.25) is 4.79 Å². The maximum absolute atomic E-state index is 11.3. The molecule has 4 heteroatoms. The lowest BCUT2D eigenvalue weighted by Gasteiger charge is -1.99. The van der Waals surface area contributed by atoms with Crippen LogP contribution in [0, 0.1) is 0 Å². The molecule has 11 heavy (non-hydrogen) atoms. The fourth-order valence-electron chi connectivity index (χ4n) is 0.966. The molecule has 0 aromatic carbocycles. The van der Waals surface area contributed by atoms with Crippen molar-refractivity contribution in [3.8, 4) is 0 Å². The molecule has 2 rings (SSSR count). The van der Waals surface area contributed by atoms with Gasteiger partial charge in [-0.05, 0) is 0 Å². The van der Waals surface area contributed by atoms with Crippen molar-refractivity contribution >= 4 is 5.91 Å². The molecule has 2 heterocycles. The maximum atomic E-state index is 11.3. The van der Waals surface area contributed by atoms with Gasteiger partial charge in [0.15, 0.2) is 5.82 Å². The highest BCUT2D eigenvalue weighted by atomic mass is 16.2. The molecule has 4 nitrogen and oxygen atoms in total. The molecule has 58 valence electrons. The van der Waals surface area contributed by atoms with E-state index in [9.17, 15) is 4.79 Å². The largest absolute Gasteiger partial charge is 0.332 e. The molecular formula is C7H9N3O. The molecule has 0 N–H and O–H groups in total. The molecule has 1 amide bonds. The van der Waals surface area contributed by atoms with E-state index in [-0.39, 0.29) is 5.91 Å². The van der Waals surface area contributed by atoms with E-state index in [2.05, 4.69) is 4.98 Å². The van der Waals surface area contributed by atoms with Crippen LogP contribution in [0.5, 0.6) is 0 Å². The topological polar surface area (TPSA) is 37.9 Å². The molecule has 0 aliphatic carbocycles. The van der Waals surface area contributed by atoms with Gasteiger partial charge in [0.1, 0.15) is 0 Å². The molecule has 1 aromatic heterocycles. The Morgan fingerprint density at radius 2 is 2.36 bits per heavy atom. The van der Waals surface area contributed by atoms with Crippen LogP contribution < -0.4 is 0 Å². The van der Waals surface area contributed by atoms with E-state index in [4.69, 9.17) is 0 Å². The third kappa shape index (κ3) is 1.00. The second kappa shape index (κ2) is 2.08. The second-order valence-electron chi connectivity index (χ2n) is 2.65. The van der Waals surface area contributed by atoms with E-state index in [1.807, 2.05) is 7.05 Å². The van der Waals surface area contributed by atoms with Crippen LogP contribution in [0.15, 0.2) is 12.4 Å². The first-order chi connectivity index (χ1) is 5.29. The van der Waals surface area contributed by atoms with E-state index in [1.54, 1.807) is 21.9 Å². The predicted molar refractivity (Wildman–Crippen MR) is 39.1 cm³/mol. The third-order valence-electron chi connectivity index (χ3n) is 1.75. The van der Waals surface area contributed by atoms with Gasteiger partial charge in [0.05, 0.1) is 0 Å². The van der Waals surface area contributed by atoms with E-state index >= 15 is 0 Å². The monoisotopic (exact) mass is 151 g/mol. The quantitative estimate of drug-likeness (QED) is 0.524. The summed E-state index contributed by atoms with van der Waals surface area (Å²) in [6.45, 7) is 1.76. The Kier molecular flexibility index (Phi) is 1.21. The number of nitrogens with zero attached hydrogens (tertiary/aromatic N) is 3. The summed E-state index contributed by atoms with van der Waals surface area (Å²) in [4.78, 5) is 17.0. The predicted octanol–water partition coefficient (Wildman–Crippen LogP) is -0.124. The van der Waals surface area contributed by atoms with E-state index in [0.717, 1.165) is 13.1 Å². The molecule has 1 aromatic rings. The van der Waals surface area contributed by atoms with Crippen LogP contribution in [0.25, 0.3) is 0 Å². The van der Waals surface area contributed by atoms with Gasteiger partial charge in [0.2, 0.25) is 0 Å². The van der Waals surface area contributed by atoms with Gasteiger partial charge in [-0.1, -0.05) is 0 Å². The number of imidazole rings is 1. The van der Waals surface area contributed by atoms with Crippen molar-refractivity contribution in [2.24, 2.45) is 7.05 Å². The average molecular weight is 151 g/mol. The Labute approximate surface area is 64.4 Å². The summed E-state index contributed by atoms with van der Waals surface area (Å²) < 4.78 is 1.74. The van der Waals surface area contributed by atoms with Crippen molar-refractivity contribution in [2.45, 2.75) is 0 Å². The minimum atomic E-state index is 0.0394. The normalized spacial score (nSPS) is 15.2. The number of aromatic nitrogens is 2. The number of carbonyl (C=O) groups is 1. The molecule has 1 saturated heterocycles. The van der Waals surface area contributed by atoms with Crippen molar-refractivity contribution in [1.82, 2.24) is 14.5 Å². The first-order valence-electron chi connectivity index (χ1n) is 3.55. The van der Waals surface area contributed by atoms with E-state index in [0.29, 0.717) is 5.82 Å². The summed E-state index contributed by atoms with van der Waals surface area (Å²) in [5, 5.41) is 0. The van der Waals surface area contributed by atoms with Gasteiger partial charge in [0.25, 0.3) is 5.91 Å². The van der Waals surface area contributed by atoms with Crippen LogP contribution in [0.1, 0.15) is 10.6 Å².